The Hall–Kier alpha value is -2.39. The number of sulfonamides is 1. The van der Waals surface area contributed by atoms with Crippen molar-refractivity contribution >= 4 is 60.7 Å². The second-order valence-corrected chi connectivity index (χ2v) is 9.86. The summed E-state index contributed by atoms with van der Waals surface area (Å²) in [6.45, 7) is 0. The van der Waals surface area contributed by atoms with Crippen LogP contribution < -0.4 is 10.1 Å². The van der Waals surface area contributed by atoms with Crippen LogP contribution >= 0.6 is 22.9 Å². The fourth-order valence-corrected chi connectivity index (χ4v) is 4.95. The second kappa shape index (κ2) is 8.54. The Morgan fingerprint density at radius 2 is 1.93 bits per heavy atom. The van der Waals surface area contributed by atoms with Gasteiger partial charge in [0.05, 0.1) is 22.7 Å². The lowest BCUT2D eigenvalue weighted by Gasteiger charge is -2.14. The van der Waals surface area contributed by atoms with E-state index < -0.39 is 15.9 Å². The van der Waals surface area contributed by atoms with Crippen LogP contribution in [0, 0.1) is 0 Å². The lowest BCUT2D eigenvalue weighted by Crippen LogP contribution is -2.22. The zero-order chi connectivity index (χ0) is 21.2. The number of hydrogen-bond acceptors (Lipinski definition) is 5. The molecule has 0 atom stereocenters. The van der Waals surface area contributed by atoms with E-state index in [0.717, 1.165) is 19.3 Å². The minimum Gasteiger partial charge on any atom is -0.495 e. The van der Waals surface area contributed by atoms with E-state index in [2.05, 4.69) is 5.32 Å². The van der Waals surface area contributed by atoms with E-state index in [1.165, 1.54) is 56.8 Å². The summed E-state index contributed by atoms with van der Waals surface area (Å²) >= 11 is 7.87. The van der Waals surface area contributed by atoms with Crippen LogP contribution in [0.15, 0.2) is 53.4 Å². The molecular formula is C20H19ClN2O4S2. The summed E-state index contributed by atoms with van der Waals surface area (Å²) in [4.78, 5) is 13.2. The van der Waals surface area contributed by atoms with E-state index in [1.54, 1.807) is 6.08 Å². The SMILES string of the molecule is COc1ccc(S(=O)(=O)N(C)C)cc1NC(=O)/C=C/c1sc2ccccc2c1Cl. The molecule has 0 aliphatic carbocycles. The number of rotatable bonds is 6. The third-order valence-corrected chi connectivity index (χ3v) is 7.62. The van der Waals surface area contributed by atoms with Crippen molar-refractivity contribution < 1.29 is 17.9 Å². The Bertz CT molecular complexity index is 1200. The molecule has 0 radical (unpaired) electrons. The highest BCUT2D eigenvalue weighted by molar-refractivity contribution is 7.89. The summed E-state index contributed by atoms with van der Waals surface area (Å²) < 4.78 is 32.1. The number of nitrogens with zero attached hydrogens (tertiary/aromatic N) is 1. The van der Waals surface area contributed by atoms with Gasteiger partial charge in [-0.05, 0) is 30.3 Å². The van der Waals surface area contributed by atoms with Crippen LogP contribution in [0.5, 0.6) is 5.75 Å². The normalized spacial score (nSPS) is 12.0. The van der Waals surface area contributed by atoms with Gasteiger partial charge >= 0.3 is 0 Å². The quantitative estimate of drug-likeness (QED) is 0.562. The molecule has 0 unspecified atom stereocenters. The fraction of sp³-hybridized carbons (Fsp3) is 0.150. The first-order valence-electron chi connectivity index (χ1n) is 8.50. The maximum Gasteiger partial charge on any atom is 0.248 e. The molecule has 1 aromatic heterocycles. The van der Waals surface area contributed by atoms with Gasteiger partial charge in [0.25, 0.3) is 0 Å². The Morgan fingerprint density at radius 1 is 1.21 bits per heavy atom. The molecule has 1 heterocycles. The Kier molecular flexibility index (Phi) is 6.28. The highest BCUT2D eigenvalue weighted by Gasteiger charge is 2.19. The molecule has 2 aromatic carbocycles. The number of halogens is 1. The number of methoxy groups -OCH3 is 1. The van der Waals surface area contributed by atoms with Crippen molar-refractivity contribution in [2.45, 2.75) is 4.90 Å². The molecule has 3 rings (SSSR count). The van der Waals surface area contributed by atoms with Gasteiger partial charge in [-0.2, -0.15) is 0 Å². The molecule has 1 N–H and O–H groups in total. The largest absolute Gasteiger partial charge is 0.495 e. The van der Waals surface area contributed by atoms with E-state index in [-0.39, 0.29) is 10.6 Å². The molecule has 3 aromatic rings. The summed E-state index contributed by atoms with van der Waals surface area (Å²) in [5.74, 6) is -0.0828. The van der Waals surface area contributed by atoms with E-state index in [9.17, 15) is 13.2 Å². The Morgan fingerprint density at radius 3 is 2.59 bits per heavy atom. The summed E-state index contributed by atoms with van der Waals surface area (Å²) in [6, 6.07) is 12.0. The molecule has 0 bridgehead atoms. The van der Waals surface area contributed by atoms with Crippen molar-refractivity contribution in [1.29, 1.82) is 0 Å². The number of amides is 1. The van der Waals surface area contributed by atoms with Gasteiger partial charge in [0.1, 0.15) is 5.75 Å². The van der Waals surface area contributed by atoms with Gasteiger partial charge in [0.15, 0.2) is 0 Å². The number of ether oxygens (including phenoxy) is 1. The summed E-state index contributed by atoms with van der Waals surface area (Å²) in [7, 11) is 0.679. The van der Waals surface area contributed by atoms with Gasteiger partial charge in [-0.15, -0.1) is 11.3 Å². The standard InChI is InChI=1S/C20H19ClN2O4S2/c1-23(2)29(25,26)13-8-9-16(27-3)15(12-13)22-19(24)11-10-18-20(21)14-6-4-5-7-17(14)28-18/h4-12H,1-3H3,(H,22,24)/b11-10+. The molecule has 0 aliphatic heterocycles. The second-order valence-electron chi connectivity index (χ2n) is 6.25. The first kappa shape index (κ1) is 21.3. The average molecular weight is 451 g/mol. The maximum absolute atomic E-state index is 12.4. The summed E-state index contributed by atoms with van der Waals surface area (Å²) in [5.41, 5.74) is 0.257. The van der Waals surface area contributed by atoms with Crippen LogP contribution in [0.25, 0.3) is 16.2 Å². The average Bonchev–Trinajstić information content (AvgIpc) is 3.02. The Balaban J connectivity index is 1.86. The number of hydrogen-bond donors (Lipinski definition) is 1. The third kappa shape index (κ3) is 4.45. The molecular weight excluding hydrogens is 432 g/mol. The Labute approximate surface area is 178 Å². The van der Waals surface area contributed by atoms with Crippen molar-refractivity contribution in [3.05, 3.63) is 58.4 Å². The molecule has 0 saturated heterocycles. The lowest BCUT2D eigenvalue weighted by atomic mass is 10.2. The van der Waals surface area contributed by atoms with Crippen LogP contribution in [0.4, 0.5) is 5.69 Å². The highest BCUT2D eigenvalue weighted by Crippen LogP contribution is 2.36. The van der Waals surface area contributed by atoms with E-state index in [1.807, 2.05) is 24.3 Å². The van der Waals surface area contributed by atoms with Gasteiger partial charge in [-0.25, -0.2) is 12.7 Å². The third-order valence-electron chi connectivity index (χ3n) is 4.15. The highest BCUT2D eigenvalue weighted by atomic mass is 35.5. The van der Waals surface area contributed by atoms with Crippen molar-refractivity contribution in [3.63, 3.8) is 0 Å². The van der Waals surface area contributed by atoms with Crippen LogP contribution in [-0.4, -0.2) is 39.8 Å². The smallest absolute Gasteiger partial charge is 0.248 e. The van der Waals surface area contributed by atoms with E-state index in [4.69, 9.17) is 16.3 Å². The minimum absolute atomic E-state index is 0.0510. The lowest BCUT2D eigenvalue weighted by molar-refractivity contribution is -0.111. The molecule has 6 nitrogen and oxygen atoms in total. The van der Waals surface area contributed by atoms with Gasteiger partial charge < -0.3 is 10.1 Å². The predicted molar refractivity (Wildman–Crippen MR) is 118 cm³/mol. The number of anilines is 1. The van der Waals surface area contributed by atoms with Gasteiger partial charge in [-0.1, -0.05) is 29.8 Å². The van der Waals surface area contributed by atoms with Crippen LogP contribution in [0.3, 0.4) is 0 Å². The molecule has 9 heteroatoms. The van der Waals surface area contributed by atoms with Crippen LogP contribution in [-0.2, 0) is 14.8 Å². The topological polar surface area (TPSA) is 75.7 Å². The van der Waals surface area contributed by atoms with Crippen LogP contribution in [0.1, 0.15) is 4.88 Å². The van der Waals surface area contributed by atoms with Gasteiger partial charge in [0, 0.05) is 35.1 Å². The number of carbonyl (C=O) groups excluding carboxylic acids is 1. The first-order valence-corrected chi connectivity index (χ1v) is 11.1. The van der Waals surface area contributed by atoms with Crippen molar-refractivity contribution in [1.82, 2.24) is 4.31 Å². The zero-order valence-electron chi connectivity index (χ0n) is 16.0. The number of thiophene rings is 1. The van der Waals surface area contributed by atoms with Crippen LogP contribution in [0.2, 0.25) is 5.02 Å². The maximum atomic E-state index is 12.4. The summed E-state index contributed by atoms with van der Waals surface area (Å²) in [5, 5.41) is 4.19. The monoisotopic (exact) mass is 450 g/mol. The van der Waals surface area contributed by atoms with Gasteiger partial charge in [0.2, 0.25) is 15.9 Å². The molecule has 0 aliphatic rings. The number of nitrogens with one attached hydrogen (secondary N) is 1. The van der Waals surface area contributed by atoms with Crippen molar-refractivity contribution in [2.24, 2.45) is 0 Å². The fourth-order valence-electron chi connectivity index (χ4n) is 2.62. The van der Waals surface area contributed by atoms with Gasteiger partial charge in [-0.3, -0.25) is 4.79 Å². The molecule has 0 spiro atoms. The number of carbonyl (C=O) groups is 1. The zero-order valence-corrected chi connectivity index (χ0v) is 18.4. The van der Waals surface area contributed by atoms with E-state index in [0.29, 0.717) is 10.8 Å². The predicted octanol–water partition coefficient (Wildman–Crippen LogP) is 4.47. The van der Waals surface area contributed by atoms with Crippen molar-refractivity contribution in [3.8, 4) is 5.75 Å². The number of fused-ring (bicyclic) bond motifs is 1. The first-order chi connectivity index (χ1) is 13.7. The number of benzene rings is 2. The molecule has 1 amide bonds. The summed E-state index contributed by atoms with van der Waals surface area (Å²) in [6.07, 6.45) is 2.98. The minimum atomic E-state index is -3.64. The van der Waals surface area contributed by atoms with Crippen molar-refractivity contribution in [2.75, 3.05) is 26.5 Å². The molecule has 0 fully saturated rings. The molecule has 29 heavy (non-hydrogen) atoms. The van der Waals surface area contributed by atoms with E-state index >= 15 is 0 Å². The molecule has 0 saturated carbocycles. The molecule has 152 valence electrons.